The van der Waals surface area contributed by atoms with E-state index in [9.17, 15) is 19.2 Å². The van der Waals surface area contributed by atoms with E-state index in [4.69, 9.17) is 11.6 Å². The fourth-order valence-electron chi connectivity index (χ4n) is 4.48. The standard InChI is InChI=1S/C27H31ClN8O5/c1-16-5-3-4-6-21(26(39)29-12-11-17-13-18(28)7-10-23(17)36-15-30-34-35-36)32-25(38)20-9-8-19(31-27(40)41-2)14-22(20)33-24(16)37/h7-10,13-16,21H,3-6,11-12H2,1-2H3,(H,29,39)(H,31,40)(H,32,38)(H,33,37)/t16?,21-/m1/s1. The van der Waals surface area contributed by atoms with E-state index in [0.29, 0.717) is 42.8 Å². The minimum Gasteiger partial charge on any atom is -0.453 e. The summed E-state index contributed by atoms with van der Waals surface area (Å²) in [4.78, 5) is 51.0. The van der Waals surface area contributed by atoms with Gasteiger partial charge in [0, 0.05) is 23.2 Å². The third-order valence-corrected chi connectivity index (χ3v) is 6.97. The van der Waals surface area contributed by atoms with Crippen molar-refractivity contribution in [1.29, 1.82) is 0 Å². The van der Waals surface area contributed by atoms with Crippen LogP contribution in [0.15, 0.2) is 42.7 Å². The minimum absolute atomic E-state index is 0.157. The molecule has 1 unspecified atom stereocenters. The van der Waals surface area contributed by atoms with Crippen LogP contribution in [0, 0.1) is 5.92 Å². The number of tetrazole rings is 1. The maximum atomic E-state index is 13.3. The molecule has 216 valence electrons. The lowest BCUT2D eigenvalue weighted by Gasteiger charge is -2.22. The van der Waals surface area contributed by atoms with Crippen LogP contribution in [0.2, 0.25) is 5.02 Å². The molecule has 2 atom stereocenters. The second-order valence-corrected chi connectivity index (χ2v) is 10.1. The van der Waals surface area contributed by atoms with Gasteiger partial charge >= 0.3 is 6.09 Å². The Hall–Kier alpha value is -4.52. The number of nitrogens with zero attached hydrogens (tertiary/aromatic N) is 4. The van der Waals surface area contributed by atoms with Crippen molar-refractivity contribution in [2.45, 2.75) is 45.1 Å². The summed E-state index contributed by atoms with van der Waals surface area (Å²) in [5.41, 5.74) is 2.28. The number of carbonyl (C=O) groups is 4. The molecule has 1 aromatic heterocycles. The van der Waals surface area contributed by atoms with E-state index in [2.05, 4.69) is 41.5 Å². The van der Waals surface area contributed by atoms with Crippen molar-refractivity contribution in [1.82, 2.24) is 30.8 Å². The highest BCUT2D eigenvalue weighted by Gasteiger charge is 2.25. The third kappa shape index (κ3) is 7.78. The maximum absolute atomic E-state index is 13.3. The molecule has 41 heavy (non-hydrogen) atoms. The first-order valence-electron chi connectivity index (χ1n) is 13.2. The zero-order chi connectivity index (χ0) is 29.4. The van der Waals surface area contributed by atoms with E-state index < -0.39 is 18.0 Å². The van der Waals surface area contributed by atoms with Crippen LogP contribution in [0.25, 0.3) is 5.69 Å². The molecule has 4 N–H and O–H groups in total. The topological polar surface area (TPSA) is 169 Å². The van der Waals surface area contributed by atoms with Gasteiger partial charge in [0.25, 0.3) is 5.91 Å². The van der Waals surface area contributed by atoms with Crippen molar-refractivity contribution in [2.75, 3.05) is 24.3 Å². The molecule has 0 spiro atoms. The number of rotatable bonds is 6. The number of halogens is 1. The molecule has 1 aliphatic rings. The molecule has 0 aliphatic carbocycles. The van der Waals surface area contributed by atoms with Gasteiger partial charge in [-0.25, -0.2) is 9.48 Å². The van der Waals surface area contributed by atoms with E-state index in [0.717, 1.165) is 11.3 Å². The summed E-state index contributed by atoms with van der Waals surface area (Å²) in [6, 6.07) is 8.98. The molecular weight excluding hydrogens is 552 g/mol. The van der Waals surface area contributed by atoms with Crippen molar-refractivity contribution in [3.63, 3.8) is 0 Å². The average molecular weight is 583 g/mol. The summed E-state index contributed by atoms with van der Waals surface area (Å²) < 4.78 is 6.14. The van der Waals surface area contributed by atoms with Crippen molar-refractivity contribution >= 4 is 46.8 Å². The number of hydrogen-bond donors (Lipinski definition) is 4. The van der Waals surface area contributed by atoms with Crippen LogP contribution < -0.4 is 21.3 Å². The van der Waals surface area contributed by atoms with Gasteiger partial charge < -0.3 is 20.7 Å². The van der Waals surface area contributed by atoms with Crippen molar-refractivity contribution < 1.29 is 23.9 Å². The van der Waals surface area contributed by atoms with Gasteiger partial charge in [0.1, 0.15) is 12.4 Å². The molecule has 4 amide bonds. The van der Waals surface area contributed by atoms with Gasteiger partial charge in [-0.1, -0.05) is 31.4 Å². The van der Waals surface area contributed by atoms with E-state index >= 15 is 0 Å². The lowest BCUT2D eigenvalue weighted by atomic mass is 9.98. The number of anilines is 2. The monoisotopic (exact) mass is 582 g/mol. The predicted octanol–water partition coefficient (Wildman–Crippen LogP) is 3.10. The number of carbonyl (C=O) groups excluding carboxylic acids is 4. The van der Waals surface area contributed by atoms with E-state index in [1.54, 1.807) is 25.1 Å². The Kier molecular flexibility index (Phi) is 9.85. The molecule has 0 radical (unpaired) electrons. The van der Waals surface area contributed by atoms with Gasteiger partial charge in [0.05, 0.1) is 24.0 Å². The Bertz CT molecular complexity index is 1410. The second kappa shape index (κ2) is 13.7. The van der Waals surface area contributed by atoms with E-state index in [1.807, 2.05) is 0 Å². The molecule has 14 heteroatoms. The molecule has 2 heterocycles. The zero-order valence-electron chi connectivity index (χ0n) is 22.6. The molecule has 2 aromatic carbocycles. The Labute approximate surface area is 241 Å². The maximum Gasteiger partial charge on any atom is 0.411 e. The highest BCUT2D eigenvalue weighted by Crippen LogP contribution is 2.24. The number of amides is 4. The highest BCUT2D eigenvalue weighted by atomic mass is 35.5. The molecule has 0 fully saturated rings. The van der Waals surface area contributed by atoms with Crippen LogP contribution in [-0.2, 0) is 20.7 Å². The smallest absolute Gasteiger partial charge is 0.411 e. The van der Waals surface area contributed by atoms with Crippen LogP contribution >= 0.6 is 11.6 Å². The van der Waals surface area contributed by atoms with Gasteiger partial charge in [-0.15, -0.1) is 5.10 Å². The largest absolute Gasteiger partial charge is 0.453 e. The van der Waals surface area contributed by atoms with Crippen molar-refractivity contribution in [3.05, 3.63) is 58.9 Å². The Balaban J connectivity index is 1.49. The molecule has 13 nitrogen and oxygen atoms in total. The van der Waals surface area contributed by atoms with Crippen LogP contribution in [0.5, 0.6) is 0 Å². The number of ether oxygens (including phenoxy) is 1. The van der Waals surface area contributed by atoms with Gasteiger partial charge in [0.2, 0.25) is 11.8 Å². The number of hydrogen-bond acceptors (Lipinski definition) is 8. The van der Waals surface area contributed by atoms with Gasteiger partial charge in [-0.2, -0.15) is 0 Å². The first kappa shape index (κ1) is 29.5. The first-order chi connectivity index (χ1) is 19.7. The molecule has 3 aromatic rings. The van der Waals surface area contributed by atoms with Crippen LogP contribution in [0.3, 0.4) is 0 Å². The highest BCUT2D eigenvalue weighted by molar-refractivity contribution is 6.30. The normalized spacial score (nSPS) is 17.6. The fourth-order valence-corrected chi connectivity index (χ4v) is 4.67. The molecule has 0 saturated heterocycles. The molecule has 4 rings (SSSR count). The molecule has 0 saturated carbocycles. The quantitative estimate of drug-likeness (QED) is 0.343. The van der Waals surface area contributed by atoms with Gasteiger partial charge in [0.15, 0.2) is 0 Å². The number of benzene rings is 2. The zero-order valence-corrected chi connectivity index (χ0v) is 23.4. The summed E-state index contributed by atoms with van der Waals surface area (Å²) in [7, 11) is 1.23. The third-order valence-electron chi connectivity index (χ3n) is 6.73. The average Bonchev–Trinajstić information content (AvgIpc) is 3.48. The Morgan fingerprint density at radius 2 is 1.95 bits per heavy atom. The summed E-state index contributed by atoms with van der Waals surface area (Å²) >= 11 is 6.20. The Morgan fingerprint density at radius 3 is 2.71 bits per heavy atom. The predicted molar refractivity (Wildman–Crippen MR) is 151 cm³/mol. The van der Waals surface area contributed by atoms with E-state index in [1.165, 1.54) is 36.3 Å². The van der Waals surface area contributed by atoms with E-state index in [-0.39, 0.29) is 35.5 Å². The summed E-state index contributed by atoms with van der Waals surface area (Å²) in [6.45, 7) is 2.09. The second-order valence-electron chi connectivity index (χ2n) is 9.65. The lowest BCUT2D eigenvalue weighted by molar-refractivity contribution is -0.123. The summed E-state index contributed by atoms with van der Waals surface area (Å²) in [5, 5.41) is 22.8. The van der Waals surface area contributed by atoms with Crippen LogP contribution in [0.1, 0.15) is 48.5 Å². The summed E-state index contributed by atoms with van der Waals surface area (Å²) in [6.07, 6.45) is 3.58. The number of aromatic nitrogens is 4. The van der Waals surface area contributed by atoms with Crippen LogP contribution in [0.4, 0.5) is 16.2 Å². The van der Waals surface area contributed by atoms with Crippen molar-refractivity contribution in [3.8, 4) is 5.69 Å². The number of fused-ring (bicyclic) bond motifs is 1. The molecule has 0 bridgehead atoms. The number of methoxy groups -OCH3 is 1. The molecular formula is C27H31ClN8O5. The SMILES string of the molecule is COC(=O)Nc1ccc2c(c1)NC(=O)C(C)CCCC[C@H](C(=O)NCCc1cc(Cl)ccc1-n1cnnn1)NC2=O. The van der Waals surface area contributed by atoms with Crippen molar-refractivity contribution in [2.24, 2.45) is 5.92 Å². The lowest BCUT2D eigenvalue weighted by Crippen LogP contribution is -2.47. The van der Waals surface area contributed by atoms with Crippen LogP contribution in [-0.4, -0.2) is 63.7 Å². The van der Waals surface area contributed by atoms with Gasteiger partial charge in [-0.3, -0.25) is 19.7 Å². The Morgan fingerprint density at radius 1 is 1.15 bits per heavy atom. The summed E-state index contributed by atoms with van der Waals surface area (Å²) in [5.74, 6) is -1.42. The molecule has 1 aliphatic heterocycles. The van der Waals surface area contributed by atoms with Gasteiger partial charge in [-0.05, 0) is 71.7 Å². The fraction of sp³-hybridized carbons (Fsp3) is 0.370. The minimum atomic E-state index is -0.799. The first-order valence-corrected chi connectivity index (χ1v) is 13.5. The number of nitrogens with one attached hydrogen (secondary N) is 4.